The van der Waals surface area contributed by atoms with Gasteiger partial charge < -0.3 is 20.1 Å². The van der Waals surface area contributed by atoms with Crippen molar-refractivity contribution >= 4 is 17.2 Å². The van der Waals surface area contributed by atoms with Crippen molar-refractivity contribution in [2.24, 2.45) is 0 Å². The molecule has 7 heteroatoms. The van der Waals surface area contributed by atoms with E-state index < -0.39 is 0 Å². The monoisotopic (exact) mass is 389 g/mol. The Hall–Kier alpha value is -3.45. The maximum Gasteiger partial charge on any atom is 0.129 e. The van der Waals surface area contributed by atoms with Crippen LogP contribution in [0.1, 0.15) is 11.1 Å². The van der Waals surface area contributed by atoms with Crippen LogP contribution in [0.4, 0.5) is 11.5 Å². The van der Waals surface area contributed by atoms with E-state index in [0.29, 0.717) is 30.2 Å². The fourth-order valence-corrected chi connectivity index (χ4v) is 3.41. The van der Waals surface area contributed by atoms with Crippen molar-refractivity contribution in [2.75, 3.05) is 44.0 Å². The van der Waals surface area contributed by atoms with Crippen molar-refractivity contribution in [3.05, 3.63) is 66.1 Å². The summed E-state index contributed by atoms with van der Waals surface area (Å²) < 4.78 is 10.9. The highest BCUT2D eigenvalue weighted by molar-refractivity contribution is 6.14. The van der Waals surface area contributed by atoms with Gasteiger partial charge in [-0.25, -0.2) is 4.98 Å². The molecule has 1 aliphatic rings. The summed E-state index contributed by atoms with van der Waals surface area (Å²) in [6, 6.07) is 11.2. The number of methoxy groups -OCH3 is 1. The third-order valence-electron chi connectivity index (χ3n) is 5.00. The summed E-state index contributed by atoms with van der Waals surface area (Å²) in [6.07, 6.45) is 5.17. The number of morpholine rings is 1. The number of nitrogen functional groups attached to an aromatic ring is 1. The third kappa shape index (κ3) is 3.90. The first kappa shape index (κ1) is 18.9. The molecule has 1 fully saturated rings. The van der Waals surface area contributed by atoms with Gasteiger partial charge in [-0.2, -0.15) is 0 Å². The minimum atomic E-state index is 0.351. The number of pyridine rings is 2. The van der Waals surface area contributed by atoms with Gasteiger partial charge in [0.1, 0.15) is 11.6 Å². The molecule has 29 heavy (non-hydrogen) atoms. The fourth-order valence-electron chi connectivity index (χ4n) is 3.41. The number of nitrogens with one attached hydrogen (secondary N) is 1. The predicted octanol–water partition coefficient (Wildman–Crippen LogP) is 2.99. The first-order chi connectivity index (χ1) is 14.2. The number of benzene rings is 1. The lowest BCUT2D eigenvalue weighted by atomic mass is 9.96. The maximum atomic E-state index is 8.78. The van der Waals surface area contributed by atoms with Crippen molar-refractivity contribution in [1.29, 1.82) is 5.41 Å². The minimum Gasteiger partial charge on any atom is -0.496 e. The molecule has 4 rings (SSSR count). The molecule has 0 atom stereocenters. The lowest BCUT2D eigenvalue weighted by molar-refractivity contribution is 0.122. The van der Waals surface area contributed by atoms with Gasteiger partial charge in [-0.15, -0.1) is 0 Å². The average molecular weight is 389 g/mol. The van der Waals surface area contributed by atoms with Gasteiger partial charge in [0.25, 0.3) is 0 Å². The van der Waals surface area contributed by atoms with Crippen molar-refractivity contribution in [1.82, 2.24) is 9.97 Å². The predicted molar refractivity (Wildman–Crippen MR) is 114 cm³/mol. The molecule has 0 aliphatic carbocycles. The third-order valence-corrected chi connectivity index (χ3v) is 5.00. The van der Waals surface area contributed by atoms with E-state index in [0.717, 1.165) is 41.3 Å². The molecule has 0 radical (unpaired) electrons. The topological polar surface area (TPSA) is 97.4 Å². The van der Waals surface area contributed by atoms with Crippen LogP contribution in [0.25, 0.3) is 11.1 Å². The van der Waals surface area contributed by atoms with Crippen LogP contribution in [0.3, 0.4) is 0 Å². The van der Waals surface area contributed by atoms with Crippen LogP contribution in [0, 0.1) is 5.41 Å². The van der Waals surface area contributed by atoms with E-state index in [2.05, 4.69) is 14.9 Å². The lowest BCUT2D eigenvalue weighted by Crippen LogP contribution is -2.36. The molecule has 0 spiro atoms. The van der Waals surface area contributed by atoms with Crippen molar-refractivity contribution in [3.8, 4) is 16.9 Å². The van der Waals surface area contributed by atoms with Crippen LogP contribution in [-0.4, -0.2) is 49.1 Å². The molecular formula is C22H23N5O2. The first-order valence-corrected chi connectivity index (χ1v) is 9.43. The number of rotatable bonds is 5. The Kier molecular flexibility index (Phi) is 5.39. The zero-order valence-corrected chi connectivity index (χ0v) is 16.3. The van der Waals surface area contributed by atoms with Gasteiger partial charge in [-0.1, -0.05) is 6.07 Å². The molecule has 0 unspecified atom stereocenters. The Bertz CT molecular complexity index is 1030. The molecule has 3 aromatic rings. The molecule has 2 aromatic heterocycles. The molecule has 148 valence electrons. The first-order valence-electron chi connectivity index (χ1n) is 9.43. The molecule has 3 heterocycles. The second-order valence-electron chi connectivity index (χ2n) is 6.76. The van der Waals surface area contributed by atoms with Crippen molar-refractivity contribution in [2.45, 2.75) is 0 Å². The molecule has 0 bridgehead atoms. The lowest BCUT2D eigenvalue weighted by Gasteiger charge is -2.28. The van der Waals surface area contributed by atoms with Crippen LogP contribution in [0.2, 0.25) is 0 Å². The number of ether oxygens (including phenoxy) is 2. The number of anilines is 2. The van der Waals surface area contributed by atoms with Crippen LogP contribution >= 0.6 is 0 Å². The second-order valence-corrected chi connectivity index (χ2v) is 6.76. The zero-order valence-electron chi connectivity index (χ0n) is 16.3. The zero-order chi connectivity index (χ0) is 20.2. The van der Waals surface area contributed by atoms with E-state index in [1.165, 1.54) is 0 Å². The van der Waals surface area contributed by atoms with Gasteiger partial charge in [0, 0.05) is 54.1 Å². The number of hydrogen-bond acceptors (Lipinski definition) is 7. The highest BCUT2D eigenvalue weighted by Crippen LogP contribution is 2.31. The summed E-state index contributed by atoms with van der Waals surface area (Å²) in [5.41, 5.74) is 10.3. The summed E-state index contributed by atoms with van der Waals surface area (Å²) in [5, 5.41) is 8.78. The van der Waals surface area contributed by atoms with E-state index in [9.17, 15) is 0 Å². The Morgan fingerprint density at radius 2 is 1.97 bits per heavy atom. The SMILES string of the molecule is COc1ccncc1-c1ccc(N)c(C(=N)c2ccnc(N3CCOCC3)c2)c1. The molecule has 1 saturated heterocycles. The summed E-state index contributed by atoms with van der Waals surface area (Å²) in [4.78, 5) is 10.8. The molecule has 7 nitrogen and oxygen atoms in total. The largest absolute Gasteiger partial charge is 0.496 e. The molecule has 0 amide bonds. The Balaban J connectivity index is 1.69. The molecular weight excluding hydrogens is 366 g/mol. The van der Waals surface area contributed by atoms with E-state index in [1.807, 2.05) is 36.4 Å². The van der Waals surface area contributed by atoms with Crippen LogP contribution in [0.5, 0.6) is 5.75 Å². The summed E-state index contributed by atoms with van der Waals surface area (Å²) in [6.45, 7) is 2.96. The quantitative estimate of drug-likeness (QED) is 0.514. The number of nitrogens with two attached hydrogens (primary N) is 1. The smallest absolute Gasteiger partial charge is 0.129 e. The average Bonchev–Trinajstić information content (AvgIpc) is 2.79. The maximum absolute atomic E-state index is 8.78. The minimum absolute atomic E-state index is 0.351. The number of hydrogen-bond donors (Lipinski definition) is 2. The normalized spacial score (nSPS) is 13.9. The van der Waals surface area contributed by atoms with Gasteiger partial charge >= 0.3 is 0 Å². The van der Waals surface area contributed by atoms with E-state index in [4.69, 9.17) is 20.6 Å². The fraction of sp³-hybridized carbons (Fsp3) is 0.227. The van der Waals surface area contributed by atoms with E-state index >= 15 is 0 Å². The van der Waals surface area contributed by atoms with E-state index in [1.54, 1.807) is 25.7 Å². The number of nitrogens with zero attached hydrogens (tertiary/aromatic N) is 3. The highest BCUT2D eigenvalue weighted by Gasteiger charge is 2.16. The summed E-state index contributed by atoms with van der Waals surface area (Å²) >= 11 is 0. The van der Waals surface area contributed by atoms with Gasteiger partial charge in [-0.05, 0) is 35.9 Å². The molecule has 1 aromatic carbocycles. The summed E-state index contributed by atoms with van der Waals surface area (Å²) in [5.74, 6) is 1.57. The Morgan fingerprint density at radius 3 is 2.76 bits per heavy atom. The molecule has 1 aliphatic heterocycles. The van der Waals surface area contributed by atoms with Crippen LogP contribution in [0.15, 0.2) is 55.0 Å². The van der Waals surface area contributed by atoms with Crippen LogP contribution < -0.4 is 15.4 Å². The highest BCUT2D eigenvalue weighted by atomic mass is 16.5. The summed E-state index contributed by atoms with van der Waals surface area (Å²) in [7, 11) is 1.63. The van der Waals surface area contributed by atoms with Crippen LogP contribution in [-0.2, 0) is 4.74 Å². The Morgan fingerprint density at radius 1 is 1.14 bits per heavy atom. The van der Waals surface area contributed by atoms with Gasteiger partial charge in [0.15, 0.2) is 0 Å². The van der Waals surface area contributed by atoms with Crippen molar-refractivity contribution in [3.63, 3.8) is 0 Å². The standard InChI is InChI=1S/C22H23N5O2/c1-28-20-5-6-25-14-18(20)15-2-3-19(23)17(12-15)22(24)16-4-7-26-21(13-16)27-8-10-29-11-9-27/h2-7,12-14,24H,8-11,23H2,1H3. The molecule has 0 saturated carbocycles. The number of aromatic nitrogens is 2. The van der Waals surface area contributed by atoms with Gasteiger partial charge in [0.2, 0.25) is 0 Å². The molecule has 3 N–H and O–H groups in total. The van der Waals surface area contributed by atoms with Crippen molar-refractivity contribution < 1.29 is 9.47 Å². The van der Waals surface area contributed by atoms with Gasteiger partial charge in [-0.3, -0.25) is 10.4 Å². The van der Waals surface area contributed by atoms with Gasteiger partial charge in [0.05, 0.1) is 26.0 Å². The Labute approximate surface area is 169 Å². The second kappa shape index (κ2) is 8.28. The van der Waals surface area contributed by atoms with E-state index in [-0.39, 0.29) is 0 Å².